The van der Waals surface area contributed by atoms with Crippen molar-refractivity contribution in [1.29, 1.82) is 0 Å². The average molecular weight is 409 g/mol. The predicted molar refractivity (Wildman–Crippen MR) is 111 cm³/mol. The molecular formula is C21H19N3O4S. The van der Waals surface area contributed by atoms with Crippen molar-refractivity contribution in [2.75, 3.05) is 10.0 Å². The van der Waals surface area contributed by atoms with Crippen LogP contribution in [0.3, 0.4) is 0 Å². The van der Waals surface area contributed by atoms with Gasteiger partial charge in [0.25, 0.3) is 15.9 Å². The van der Waals surface area contributed by atoms with Crippen LogP contribution in [0.4, 0.5) is 11.4 Å². The minimum Gasteiger partial charge on any atom is -0.366 e. The van der Waals surface area contributed by atoms with Crippen LogP contribution in [0.15, 0.2) is 77.7 Å². The highest BCUT2D eigenvalue weighted by molar-refractivity contribution is 7.92. The zero-order chi connectivity index (χ0) is 21.0. The second-order valence-electron chi connectivity index (χ2n) is 6.34. The van der Waals surface area contributed by atoms with E-state index in [0.29, 0.717) is 22.5 Å². The van der Waals surface area contributed by atoms with Gasteiger partial charge in [-0.05, 0) is 67.1 Å². The lowest BCUT2D eigenvalue weighted by molar-refractivity contribution is 0.0997. The quantitative estimate of drug-likeness (QED) is 0.579. The Hall–Kier alpha value is -3.65. The third kappa shape index (κ3) is 4.80. The van der Waals surface area contributed by atoms with Crippen LogP contribution >= 0.6 is 0 Å². The highest BCUT2D eigenvalue weighted by Crippen LogP contribution is 2.22. The lowest BCUT2D eigenvalue weighted by Gasteiger charge is -2.12. The fraction of sp³-hybridized carbons (Fsp3) is 0.0476. The summed E-state index contributed by atoms with van der Waals surface area (Å²) in [6, 6.07) is 18.9. The highest BCUT2D eigenvalue weighted by atomic mass is 32.2. The van der Waals surface area contributed by atoms with Gasteiger partial charge in [0.1, 0.15) is 0 Å². The van der Waals surface area contributed by atoms with Crippen LogP contribution in [-0.4, -0.2) is 20.2 Å². The summed E-state index contributed by atoms with van der Waals surface area (Å²) in [5, 5.41) is 2.77. The smallest absolute Gasteiger partial charge is 0.261 e. The van der Waals surface area contributed by atoms with Crippen LogP contribution in [0.1, 0.15) is 26.3 Å². The minimum absolute atomic E-state index is 0.0479. The van der Waals surface area contributed by atoms with Gasteiger partial charge in [-0.2, -0.15) is 0 Å². The number of carbonyl (C=O) groups is 2. The van der Waals surface area contributed by atoms with E-state index in [4.69, 9.17) is 5.73 Å². The Balaban J connectivity index is 1.77. The molecule has 0 aliphatic heterocycles. The van der Waals surface area contributed by atoms with E-state index < -0.39 is 15.9 Å². The predicted octanol–water partition coefficient (Wildman–Crippen LogP) is 3.15. The number of rotatable bonds is 6. The summed E-state index contributed by atoms with van der Waals surface area (Å²) in [6.45, 7) is 1.71. The van der Waals surface area contributed by atoms with Gasteiger partial charge in [0.2, 0.25) is 5.91 Å². The molecule has 2 amide bonds. The van der Waals surface area contributed by atoms with E-state index in [2.05, 4.69) is 10.0 Å². The molecule has 3 aromatic carbocycles. The zero-order valence-electron chi connectivity index (χ0n) is 15.5. The summed E-state index contributed by atoms with van der Waals surface area (Å²) in [6.07, 6.45) is 0. The number of nitrogens with one attached hydrogen (secondary N) is 2. The van der Waals surface area contributed by atoms with Crippen molar-refractivity contribution in [3.8, 4) is 0 Å². The van der Waals surface area contributed by atoms with E-state index in [1.165, 1.54) is 36.4 Å². The first kappa shape index (κ1) is 20.1. The van der Waals surface area contributed by atoms with Crippen LogP contribution in [0.2, 0.25) is 0 Å². The first-order chi connectivity index (χ1) is 13.8. The number of hydrogen-bond acceptors (Lipinski definition) is 4. The first-order valence-corrected chi connectivity index (χ1v) is 10.1. The van der Waals surface area contributed by atoms with Gasteiger partial charge >= 0.3 is 0 Å². The molecule has 3 rings (SSSR count). The van der Waals surface area contributed by atoms with Crippen molar-refractivity contribution < 1.29 is 18.0 Å². The molecule has 7 nitrogen and oxygen atoms in total. The third-order valence-corrected chi connectivity index (χ3v) is 5.59. The number of nitrogens with two attached hydrogens (primary N) is 1. The summed E-state index contributed by atoms with van der Waals surface area (Å²) in [5.41, 5.74) is 7.38. The van der Waals surface area contributed by atoms with E-state index in [1.807, 2.05) is 6.07 Å². The topological polar surface area (TPSA) is 118 Å². The van der Waals surface area contributed by atoms with Crippen molar-refractivity contribution in [3.05, 3.63) is 89.5 Å². The summed E-state index contributed by atoms with van der Waals surface area (Å²) >= 11 is 0. The molecule has 148 valence electrons. The summed E-state index contributed by atoms with van der Waals surface area (Å²) < 4.78 is 27.7. The second-order valence-corrected chi connectivity index (χ2v) is 8.03. The molecule has 8 heteroatoms. The summed E-state index contributed by atoms with van der Waals surface area (Å²) in [5.74, 6) is -0.875. The number of primary amides is 1. The lowest BCUT2D eigenvalue weighted by atomic mass is 10.1. The molecule has 0 radical (unpaired) electrons. The Labute approximate surface area is 168 Å². The Kier molecular flexibility index (Phi) is 5.65. The Morgan fingerprint density at radius 1 is 0.862 bits per heavy atom. The number of aryl methyl sites for hydroxylation is 1. The summed E-state index contributed by atoms with van der Waals surface area (Å²) in [4.78, 5) is 23.4. The maximum absolute atomic E-state index is 12.6. The molecule has 0 aliphatic rings. The third-order valence-electron chi connectivity index (χ3n) is 4.21. The van der Waals surface area contributed by atoms with Crippen molar-refractivity contribution >= 4 is 33.2 Å². The molecule has 0 bridgehead atoms. The maximum Gasteiger partial charge on any atom is 0.261 e. The van der Waals surface area contributed by atoms with Crippen molar-refractivity contribution in [2.45, 2.75) is 11.8 Å². The number of benzene rings is 3. The van der Waals surface area contributed by atoms with Gasteiger partial charge in [-0.1, -0.05) is 18.2 Å². The molecule has 0 saturated carbocycles. The van der Waals surface area contributed by atoms with Crippen molar-refractivity contribution in [1.82, 2.24) is 0 Å². The molecule has 0 spiro atoms. The second kappa shape index (κ2) is 8.15. The Morgan fingerprint density at radius 2 is 1.52 bits per heavy atom. The Morgan fingerprint density at radius 3 is 2.10 bits per heavy atom. The fourth-order valence-electron chi connectivity index (χ4n) is 2.64. The standard InChI is InChI=1S/C21H19N3O4S/c1-14-13-18(11-12-19(14)23-21(26)16-5-3-2-4-6-16)29(27,28)24-17-9-7-15(8-10-17)20(22)25/h2-13,24H,1H3,(H2,22,25)(H,23,26). The van der Waals surface area contributed by atoms with Crippen LogP contribution in [0.25, 0.3) is 0 Å². The minimum atomic E-state index is -3.85. The molecule has 3 aromatic rings. The van der Waals surface area contributed by atoms with Gasteiger partial charge in [-0.15, -0.1) is 0 Å². The molecule has 29 heavy (non-hydrogen) atoms. The van der Waals surface area contributed by atoms with E-state index in [0.717, 1.165) is 0 Å². The molecule has 4 N–H and O–H groups in total. The van der Waals surface area contributed by atoms with Crippen LogP contribution in [0, 0.1) is 6.92 Å². The fourth-order valence-corrected chi connectivity index (χ4v) is 3.79. The number of carbonyl (C=O) groups excluding carboxylic acids is 2. The lowest BCUT2D eigenvalue weighted by Crippen LogP contribution is -2.15. The van der Waals surface area contributed by atoms with E-state index >= 15 is 0 Å². The Bertz CT molecular complexity index is 1160. The van der Waals surface area contributed by atoms with E-state index in [1.54, 1.807) is 37.3 Å². The van der Waals surface area contributed by atoms with Crippen molar-refractivity contribution in [2.24, 2.45) is 5.73 Å². The number of amides is 2. The summed E-state index contributed by atoms with van der Waals surface area (Å²) in [7, 11) is -3.85. The largest absolute Gasteiger partial charge is 0.366 e. The van der Waals surface area contributed by atoms with E-state index in [-0.39, 0.29) is 16.4 Å². The number of hydrogen-bond donors (Lipinski definition) is 3. The van der Waals surface area contributed by atoms with Gasteiger partial charge < -0.3 is 11.1 Å². The molecule has 0 fully saturated rings. The average Bonchev–Trinajstić information content (AvgIpc) is 2.70. The molecule has 0 aromatic heterocycles. The molecule has 0 saturated heterocycles. The zero-order valence-corrected chi connectivity index (χ0v) is 16.4. The highest BCUT2D eigenvalue weighted by Gasteiger charge is 2.16. The van der Waals surface area contributed by atoms with Crippen LogP contribution < -0.4 is 15.8 Å². The number of anilines is 2. The normalized spacial score (nSPS) is 10.9. The van der Waals surface area contributed by atoms with Gasteiger partial charge in [-0.3, -0.25) is 14.3 Å². The first-order valence-electron chi connectivity index (χ1n) is 8.66. The monoisotopic (exact) mass is 409 g/mol. The molecule has 0 unspecified atom stereocenters. The van der Waals surface area contributed by atoms with Crippen LogP contribution in [-0.2, 0) is 10.0 Å². The molecule has 0 heterocycles. The molecule has 0 atom stereocenters. The number of sulfonamides is 1. The van der Waals surface area contributed by atoms with Gasteiger partial charge in [0.05, 0.1) is 4.90 Å². The van der Waals surface area contributed by atoms with Crippen LogP contribution in [0.5, 0.6) is 0 Å². The van der Waals surface area contributed by atoms with Gasteiger partial charge in [0, 0.05) is 22.5 Å². The SMILES string of the molecule is Cc1cc(S(=O)(=O)Nc2ccc(C(N)=O)cc2)ccc1NC(=O)c1ccccc1. The van der Waals surface area contributed by atoms with Crippen molar-refractivity contribution in [3.63, 3.8) is 0 Å². The molecule has 0 aliphatic carbocycles. The van der Waals surface area contributed by atoms with E-state index in [9.17, 15) is 18.0 Å². The molecular weight excluding hydrogens is 390 g/mol. The van der Waals surface area contributed by atoms with Gasteiger partial charge in [0.15, 0.2) is 0 Å². The van der Waals surface area contributed by atoms with Gasteiger partial charge in [-0.25, -0.2) is 8.42 Å². The maximum atomic E-state index is 12.6.